The van der Waals surface area contributed by atoms with E-state index in [2.05, 4.69) is 19.2 Å². The monoisotopic (exact) mass is 297 g/mol. The maximum Gasteiger partial charge on any atom is 0.0591 e. The third-order valence-corrected chi connectivity index (χ3v) is 4.62. The highest BCUT2D eigenvalue weighted by Crippen LogP contribution is 2.16. The number of ether oxygens (including phenoxy) is 1. The van der Waals surface area contributed by atoms with Gasteiger partial charge in [0.05, 0.1) is 6.61 Å². The molecule has 126 valence electrons. The van der Waals surface area contributed by atoms with Crippen LogP contribution in [0.25, 0.3) is 0 Å². The Labute approximate surface area is 133 Å². The first-order chi connectivity index (χ1) is 10.3. The Morgan fingerprint density at radius 1 is 0.810 bits per heavy atom. The Hall–Kier alpha value is -0.0800. The summed E-state index contributed by atoms with van der Waals surface area (Å²) in [6, 6.07) is 0.734. The van der Waals surface area contributed by atoms with Crippen molar-refractivity contribution < 1.29 is 4.74 Å². The summed E-state index contributed by atoms with van der Waals surface area (Å²) < 4.78 is 5.71. The summed E-state index contributed by atoms with van der Waals surface area (Å²) in [7, 11) is 0. The standard InChI is InChI=1S/C19H39NO/c1-18(2)14-16-21-17-15-20-19-12-10-8-6-4-3-5-7-9-11-13-19/h18-20H,3-17H2,1-2H3. The van der Waals surface area contributed by atoms with Crippen LogP contribution in [0.5, 0.6) is 0 Å². The summed E-state index contributed by atoms with van der Waals surface area (Å²) >= 11 is 0. The lowest BCUT2D eigenvalue weighted by Crippen LogP contribution is -2.32. The van der Waals surface area contributed by atoms with Gasteiger partial charge in [-0.15, -0.1) is 0 Å². The second kappa shape index (κ2) is 13.6. The van der Waals surface area contributed by atoms with Gasteiger partial charge in [0.2, 0.25) is 0 Å². The lowest BCUT2D eigenvalue weighted by atomic mass is 9.98. The van der Waals surface area contributed by atoms with Gasteiger partial charge >= 0.3 is 0 Å². The molecule has 21 heavy (non-hydrogen) atoms. The van der Waals surface area contributed by atoms with E-state index < -0.39 is 0 Å². The molecule has 2 heteroatoms. The average Bonchev–Trinajstić information content (AvgIpc) is 2.44. The molecule has 0 unspecified atom stereocenters. The van der Waals surface area contributed by atoms with Crippen molar-refractivity contribution in [2.75, 3.05) is 19.8 Å². The van der Waals surface area contributed by atoms with Crippen LogP contribution >= 0.6 is 0 Å². The molecule has 1 aliphatic carbocycles. The zero-order chi connectivity index (χ0) is 15.2. The van der Waals surface area contributed by atoms with Gasteiger partial charge in [0.25, 0.3) is 0 Å². The van der Waals surface area contributed by atoms with Crippen molar-refractivity contribution in [2.24, 2.45) is 5.92 Å². The summed E-state index contributed by atoms with van der Waals surface area (Å²) in [4.78, 5) is 0. The van der Waals surface area contributed by atoms with E-state index in [1.165, 1.54) is 77.0 Å². The largest absolute Gasteiger partial charge is 0.380 e. The average molecular weight is 298 g/mol. The van der Waals surface area contributed by atoms with Gasteiger partial charge in [0, 0.05) is 19.2 Å². The highest BCUT2D eigenvalue weighted by molar-refractivity contribution is 4.68. The Bertz CT molecular complexity index is 206. The van der Waals surface area contributed by atoms with Crippen LogP contribution in [-0.4, -0.2) is 25.8 Å². The molecule has 1 rings (SSSR count). The van der Waals surface area contributed by atoms with Crippen LogP contribution in [-0.2, 0) is 4.74 Å². The normalized spacial score (nSPS) is 20.1. The summed E-state index contributed by atoms with van der Waals surface area (Å²) in [5, 5.41) is 3.74. The number of rotatable bonds is 7. The van der Waals surface area contributed by atoms with E-state index >= 15 is 0 Å². The van der Waals surface area contributed by atoms with E-state index in [1.807, 2.05) is 0 Å². The fraction of sp³-hybridized carbons (Fsp3) is 1.00. The van der Waals surface area contributed by atoms with Crippen molar-refractivity contribution in [3.63, 3.8) is 0 Å². The van der Waals surface area contributed by atoms with Gasteiger partial charge in [-0.05, 0) is 25.2 Å². The number of hydrogen-bond donors (Lipinski definition) is 1. The molecule has 0 aromatic carbocycles. The van der Waals surface area contributed by atoms with Crippen molar-refractivity contribution in [1.82, 2.24) is 5.32 Å². The molecule has 0 aromatic rings. The van der Waals surface area contributed by atoms with Gasteiger partial charge in [-0.3, -0.25) is 0 Å². The molecule has 0 saturated heterocycles. The van der Waals surface area contributed by atoms with Gasteiger partial charge in [-0.25, -0.2) is 0 Å². The Balaban J connectivity index is 2.07. The van der Waals surface area contributed by atoms with E-state index in [1.54, 1.807) is 0 Å². The maximum atomic E-state index is 5.71. The third-order valence-electron chi connectivity index (χ3n) is 4.62. The molecule has 0 bridgehead atoms. The predicted octanol–water partition coefficient (Wildman–Crippen LogP) is 5.31. The lowest BCUT2D eigenvalue weighted by molar-refractivity contribution is 0.122. The van der Waals surface area contributed by atoms with Gasteiger partial charge in [0.15, 0.2) is 0 Å². The van der Waals surface area contributed by atoms with Crippen LogP contribution in [0.4, 0.5) is 0 Å². The van der Waals surface area contributed by atoms with E-state index in [-0.39, 0.29) is 0 Å². The van der Waals surface area contributed by atoms with Crippen molar-refractivity contribution in [2.45, 2.75) is 96.9 Å². The summed E-state index contributed by atoms with van der Waals surface area (Å²) in [6.07, 6.45) is 16.9. The maximum absolute atomic E-state index is 5.71. The molecule has 0 spiro atoms. The van der Waals surface area contributed by atoms with Crippen molar-refractivity contribution in [3.8, 4) is 0 Å². The number of hydrogen-bond acceptors (Lipinski definition) is 2. The van der Waals surface area contributed by atoms with E-state index in [0.717, 1.165) is 31.7 Å². The van der Waals surface area contributed by atoms with Crippen LogP contribution in [0.15, 0.2) is 0 Å². The van der Waals surface area contributed by atoms with Gasteiger partial charge in [0.1, 0.15) is 0 Å². The number of nitrogens with one attached hydrogen (secondary N) is 1. The first kappa shape index (κ1) is 19.0. The highest BCUT2D eigenvalue weighted by Gasteiger charge is 2.08. The van der Waals surface area contributed by atoms with Gasteiger partial charge in [-0.2, -0.15) is 0 Å². The second-order valence-electron chi connectivity index (χ2n) is 7.21. The van der Waals surface area contributed by atoms with Crippen LogP contribution in [0, 0.1) is 5.92 Å². The Morgan fingerprint density at radius 3 is 1.86 bits per heavy atom. The molecule has 0 amide bonds. The first-order valence-corrected chi connectivity index (χ1v) is 9.60. The van der Waals surface area contributed by atoms with Crippen LogP contribution < -0.4 is 5.32 Å². The smallest absolute Gasteiger partial charge is 0.0591 e. The second-order valence-corrected chi connectivity index (χ2v) is 7.21. The molecule has 0 aliphatic heterocycles. The van der Waals surface area contributed by atoms with Crippen molar-refractivity contribution >= 4 is 0 Å². The van der Waals surface area contributed by atoms with E-state index in [4.69, 9.17) is 4.74 Å². The summed E-state index contributed by atoms with van der Waals surface area (Å²) in [5.41, 5.74) is 0. The third kappa shape index (κ3) is 12.2. The van der Waals surface area contributed by atoms with Gasteiger partial charge in [-0.1, -0.05) is 71.6 Å². The SMILES string of the molecule is CC(C)CCOCCNC1CCCCCCCCCCC1. The van der Waals surface area contributed by atoms with Crippen molar-refractivity contribution in [1.29, 1.82) is 0 Å². The summed E-state index contributed by atoms with van der Waals surface area (Å²) in [5.74, 6) is 0.754. The summed E-state index contributed by atoms with van der Waals surface area (Å²) in [6.45, 7) is 7.34. The minimum atomic E-state index is 0.734. The minimum Gasteiger partial charge on any atom is -0.380 e. The van der Waals surface area contributed by atoms with Gasteiger partial charge < -0.3 is 10.1 Å². The topological polar surface area (TPSA) is 21.3 Å². The van der Waals surface area contributed by atoms with Crippen LogP contribution in [0.1, 0.15) is 90.9 Å². The Morgan fingerprint density at radius 2 is 1.33 bits per heavy atom. The molecule has 0 aromatic heterocycles. The van der Waals surface area contributed by atoms with Crippen LogP contribution in [0.3, 0.4) is 0 Å². The molecule has 1 saturated carbocycles. The molecular weight excluding hydrogens is 258 g/mol. The zero-order valence-corrected chi connectivity index (χ0v) is 14.7. The Kier molecular flexibility index (Phi) is 12.3. The van der Waals surface area contributed by atoms with Crippen LogP contribution in [0.2, 0.25) is 0 Å². The fourth-order valence-corrected chi connectivity index (χ4v) is 3.12. The fourth-order valence-electron chi connectivity index (χ4n) is 3.12. The molecule has 1 fully saturated rings. The van der Waals surface area contributed by atoms with Crippen molar-refractivity contribution in [3.05, 3.63) is 0 Å². The molecule has 2 nitrogen and oxygen atoms in total. The van der Waals surface area contributed by atoms with E-state index in [0.29, 0.717) is 0 Å². The molecule has 0 radical (unpaired) electrons. The van der Waals surface area contributed by atoms with E-state index in [9.17, 15) is 0 Å². The minimum absolute atomic E-state index is 0.734. The molecular formula is C19H39NO. The first-order valence-electron chi connectivity index (χ1n) is 9.60. The molecule has 1 N–H and O–H groups in total. The lowest BCUT2D eigenvalue weighted by Gasteiger charge is -2.19. The molecule has 0 heterocycles. The zero-order valence-electron chi connectivity index (χ0n) is 14.7. The quantitative estimate of drug-likeness (QED) is 0.643. The highest BCUT2D eigenvalue weighted by atomic mass is 16.5. The predicted molar refractivity (Wildman–Crippen MR) is 92.9 cm³/mol. The molecule has 1 aliphatic rings. The molecule has 0 atom stereocenters.